The summed E-state index contributed by atoms with van der Waals surface area (Å²) in [5, 5.41) is 0.634. The number of aldehydes is 1. The van der Waals surface area contributed by atoms with Crippen molar-refractivity contribution in [2.45, 2.75) is 6.42 Å². The topological polar surface area (TPSA) is 50.3 Å². The molecule has 0 radical (unpaired) electrons. The van der Waals surface area contributed by atoms with Crippen LogP contribution in [0, 0.1) is 0 Å². The molecule has 0 aliphatic carbocycles. The van der Waals surface area contributed by atoms with Gasteiger partial charge in [-0.3, -0.25) is 14.6 Å². The van der Waals surface area contributed by atoms with E-state index in [1.807, 2.05) is 6.07 Å². The maximum atomic E-state index is 12.5. The summed E-state index contributed by atoms with van der Waals surface area (Å²) in [7, 11) is 0. The molecule has 0 saturated heterocycles. The number of benzene rings is 1. The largest absolute Gasteiger partial charge is 0.306 e. The third-order valence-corrected chi connectivity index (χ3v) is 3.58. The van der Waals surface area contributed by atoms with Crippen LogP contribution in [0.2, 0.25) is 5.02 Å². The Kier molecular flexibility index (Phi) is 3.24. The average Bonchev–Trinajstić information content (AvgIpc) is 2.47. The van der Waals surface area contributed by atoms with Gasteiger partial charge >= 0.3 is 0 Å². The number of amides is 1. The van der Waals surface area contributed by atoms with Crippen LogP contribution in [-0.4, -0.2) is 23.7 Å². The molecule has 1 aromatic carbocycles. The fourth-order valence-corrected chi connectivity index (χ4v) is 2.56. The molecule has 4 nitrogen and oxygen atoms in total. The van der Waals surface area contributed by atoms with Crippen molar-refractivity contribution < 1.29 is 9.59 Å². The molecular formula is C15H11ClN2O2. The van der Waals surface area contributed by atoms with Gasteiger partial charge in [-0.05, 0) is 36.2 Å². The van der Waals surface area contributed by atoms with Crippen LogP contribution in [0.1, 0.15) is 26.3 Å². The number of hydrogen-bond donors (Lipinski definition) is 0. The SMILES string of the molecule is O=Cc1cncc(N2CCc3cc(Cl)ccc3C2=O)c1. The second-order valence-corrected chi connectivity index (χ2v) is 5.04. The number of carbonyl (C=O) groups excluding carboxylic acids is 2. The van der Waals surface area contributed by atoms with E-state index in [1.54, 1.807) is 29.3 Å². The third-order valence-electron chi connectivity index (χ3n) is 3.34. The van der Waals surface area contributed by atoms with E-state index in [0.717, 1.165) is 18.3 Å². The lowest BCUT2D eigenvalue weighted by Crippen LogP contribution is -2.37. The summed E-state index contributed by atoms with van der Waals surface area (Å²) in [6.07, 6.45) is 4.51. The van der Waals surface area contributed by atoms with E-state index >= 15 is 0 Å². The Morgan fingerprint density at radius 2 is 2.10 bits per heavy atom. The molecule has 2 aromatic rings. The van der Waals surface area contributed by atoms with Crippen LogP contribution in [0.5, 0.6) is 0 Å². The van der Waals surface area contributed by atoms with E-state index in [-0.39, 0.29) is 5.91 Å². The van der Waals surface area contributed by atoms with Crippen molar-refractivity contribution in [1.29, 1.82) is 0 Å². The molecular weight excluding hydrogens is 276 g/mol. The van der Waals surface area contributed by atoms with Gasteiger partial charge < -0.3 is 4.90 Å². The molecule has 0 saturated carbocycles. The third kappa shape index (κ3) is 2.18. The average molecular weight is 287 g/mol. The highest BCUT2D eigenvalue weighted by atomic mass is 35.5. The minimum atomic E-state index is -0.0900. The lowest BCUT2D eigenvalue weighted by atomic mass is 9.98. The molecule has 2 heterocycles. The normalized spacial score (nSPS) is 14.1. The van der Waals surface area contributed by atoms with E-state index in [4.69, 9.17) is 11.6 Å². The number of anilines is 1. The fraction of sp³-hybridized carbons (Fsp3) is 0.133. The van der Waals surface area contributed by atoms with Crippen LogP contribution >= 0.6 is 11.6 Å². The molecule has 1 aliphatic heterocycles. The number of nitrogens with zero attached hydrogens (tertiary/aromatic N) is 2. The molecule has 1 aliphatic rings. The Hall–Kier alpha value is -2.20. The summed E-state index contributed by atoms with van der Waals surface area (Å²) in [5.74, 6) is -0.0900. The zero-order valence-corrected chi connectivity index (χ0v) is 11.3. The molecule has 0 spiro atoms. The maximum absolute atomic E-state index is 12.5. The van der Waals surface area contributed by atoms with Crippen molar-refractivity contribution in [2.24, 2.45) is 0 Å². The number of aromatic nitrogens is 1. The summed E-state index contributed by atoms with van der Waals surface area (Å²) in [4.78, 5) is 28.9. The fourth-order valence-electron chi connectivity index (χ4n) is 2.36. The summed E-state index contributed by atoms with van der Waals surface area (Å²) in [5.41, 5.74) is 2.70. The van der Waals surface area contributed by atoms with Gasteiger partial charge in [-0.15, -0.1) is 0 Å². The monoisotopic (exact) mass is 286 g/mol. The summed E-state index contributed by atoms with van der Waals surface area (Å²) >= 11 is 5.94. The van der Waals surface area contributed by atoms with Crippen LogP contribution in [-0.2, 0) is 6.42 Å². The predicted molar refractivity (Wildman–Crippen MR) is 76.5 cm³/mol. The minimum absolute atomic E-state index is 0.0900. The van der Waals surface area contributed by atoms with Crippen LogP contribution < -0.4 is 4.90 Å². The molecule has 100 valence electrons. The lowest BCUT2D eigenvalue weighted by Gasteiger charge is -2.28. The van der Waals surface area contributed by atoms with E-state index in [0.29, 0.717) is 28.4 Å². The lowest BCUT2D eigenvalue weighted by molar-refractivity contribution is 0.0980. The standard InChI is InChI=1S/C15H11ClN2O2/c16-12-1-2-14-11(6-12)3-4-18(15(14)20)13-5-10(9-19)7-17-8-13/h1-2,5-9H,3-4H2. The molecule has 20 heavy (non-hydrogen) atoms. The molecule has 1 aromatic heterocycles. The van der Waals surface area contributed by atoms with Gasteiger partial charge in [0.25, 0.3) is 5.91 Å². The Bertz CT molecular complexity index is 700. The van der Waals surface area contributed by atoms with Gasteiger partial charge in [-0.1, -0.05) is 11.6 Å². The number of rotatable bonds is 2. The van der Waals surface area contributed by atoms with E-state index < -0.39 is 0 Å². The second kappa shape index (κ2) is 5.06. The molecule has 0 atom stereocenters. The first-order valence-electron chi connectivity index (χ1n) is 6.19. The zero-order valence-electron chi connectivity index (χ0n) is 10.5. The van der Waals surface area contributed by atoms with E-state index in [9.17, 15) is 9.59 Å². The van der Waals surface area contributed by atoms with Crippen molar-refractivity contribution in [2.75, 3.05) is 11.4 Å². The number of hydrogen-bond acceptors (Lipinski definition) is 3. The van der Waals surface area contributed by atoms with Crippen molar-refractivity contribution in [3.8, 4) is 0 Å². The van der Waals surface area contributed by atoms with Crippen molar-refractivity contribution >= 4 is 29.5 Å². The molecule has 5 heteroatoms. The number of pyridine rings is 1. The molecule has 0 bridgehead atoms. The second-order valence-electron chi connectivity index (χ2n) is 4.60. The van der Waals surface area contributed by atoms with Gasteiger partial charge in [0.15, 0.2) is 6.29 Å². The minimum Gasteiger partial charge on any atom is -0.306 e. The summed E-state index contributed by atoms with van der Waals surface area (Å²) < 4.78 is 0. The first kappa shape index (κ1) is 12.8. The van der Waals surface area contributed by atoms with Gasteiger partial charge in [0.05, 0.1) is 11.9 Å². The predicted octanol–water partition coefficient (Wildman–Crippen LogP) is 2.75. The maximum Gasteiger partial charge on any atom is 0.258 e. The van der Waals surface area contributed by atoms with Gasteiger partial charge in [0.1, 0.15) is 0 Å². The Morgan fingerprint density at radius 3 is 2.90 bits per heavy atom. The Morgan fingerprint density at radius 1 is 1.25 bits per heavy atom. The highest BCUT2D eigenvalue weighted by molar-refractivity contribution is 6.30. The highest BCUT2D eigenvalue weighted by Crippen LogP contribution is 2.26. The van der Waals surface area contributed by atoms with Crippen molar-refractivity contribution in [1.82, 2.24) is 4.98 Å². The number of halogens is 1. The first-order chi connectivity index (χ1) is 9.69. The molecule has 3 rings (SSSR count). The molecule has 0 N–H and O–H groups in total. The smallest absolute Gasteiger partial charge is 0.258 e. The molecule has 0 unspecified atom stereocenters. The number of fused-ring (bicyclic) bond motifs is 1. The summed E-state index contributed by atoms with van der Waals surface area (Å²) in [6, 6.07) is 6.94. The first-order valence-corrected chi connectivity index (χ1v) is 6.57. The molecule has 0 fully saturated rings. The van der Waals surface area contributed by atoms with E-state index in [2.05, 4.69) is 4.98 Å². The number of carbonyl (C=O) groups is 2. The highest BCUT2D eigenvalue weighted by Gasteiger charge is 2.25. The van der Waals surface area contributed by atoms with Gasteiger partial charge in [-0.2, -0.15) is 0 Å². The van der Waals surface area contributed by atoms with Crippen LogP contribution in [0.25, 0.3) is 0 Å². The molecule has 1 amide bonds. The van der Waals surface area contributed by atoms with Gasteiger partial charge in [-0.25, -0.2) is 0 Å². The van der Waals surface area contributed by atoms with Gasteiger partial charge in [0.2, 0.25) is 0 Å². The van der Waals surface area contributed by atoms with Crippen molar-refractivity contribution in [3.63, 3.8) is 0 Å². The quantitative estimate of drug-likeness (QED) is 0.798. The Labute approximate surface area is 121 Å². The summed E-state index contributed by atoms with van der Waals surface area (Å²) in [6.45, 7) is 0.552. The van der Waals surface area contributed by atoms with Crippen molar-refractivity contribution in [3.05, 3.63) is 58.4 Å². The zero-order chi connectivity index (χ0) is 14.1. The Balaban J connectivity index is 1.99. The van der Waals surface area contributed by atoms with Crippen LogP contribution in [0.3, 0.4) is 0 Å². The van der Waals surface area contributed by atoms with Crippen LogP contribution in [0.4, 0.5) is 5.69 Å². The van der Waals surface area contributed by atoms with E-state index in [1.165, 1.54) is 6.20 Å². The van der Waals surface area contributed by atoms with Crippen LogP contribution in [0.15, 0.2) is 36.7 Å². The van der Waals surface area contributed by atoms with Gasteiger partial charge in [0, 0.05) is 28.9 Å².